The number of amides is 1. The third-order valence-corrected chi connectivity index (χ3v) is 6.87. The number of H-pyrrole nitrogens is 1. The molecule has 0 aliphatic carbocycles. The average molecular weight is 418 g/mol. The van der Waals surface area contributed by atoms with Crippen LogP contribution in [0.2, 0.25) is 0 Å². The lowest BCUT2D eigenvalue weighted by Crippen LogP contribution is -2.48. The number of carbonyl (C=O) groups excluding carboxylic acids is 1. The van der Waals surface area contributed by atoms with Gasteiger partial charge in [-0.1, -0.05) is 62.4 Å². The summed E-state index contributed by atoms with van der Waals surface area (Å²) in [4.78, 5) is 21.3. The second-order valence-electron chi connectivity index (χ2n) is 8.68. The first-order chi connectivity index (χ1) is 15.2. The number of hydrogen-bond donors (Lipinski definition) is 1. The maximum atomic E-state index is 13.3. The van der Waals surface area contributed by atoms with Gasteiger partial charge in [-0.05, 0) is 48.4 Å². The van der Waals surface area contributed by atoms with E-state index >= 15 is 0 Å². The fourth-order valence-electron chi connectivity index (χ4n) is 4.88. The number of aryl methyl sites for hydroxylation is 2. The summed E-state index contributed by atoms with van der Waals surface area (Å²) in [6, 6.07) is 17.2. The highest BCUT2D eigenvalue weighted by molar-refractivity contribution is 5.87. The first-order valence-electron chi connectivity index (χ1n) is 11.8. The SMILES string of the molecule is CCc1cccc2c([C@@H](CCc3ccccc3)CC(=O)N3CCN(CC)CC3)c[nH]c12. The number of hydrogen-bond acceptors (Lipinski definition) is 2. The molecule has 1 fully saturated rings. The lowest BCUT2D eigenvalue weighted by molar-refractivity contribution is -0.133. The maximum absolute atomic E-state index is 13.3. The molecule has 1 amide bonds. The van der Waals surface area contributed by atoms with E-state index in [-0.39, 0.29) is 5.92 Å². The molecule has 0 bridgehead atoms. The number of likely N-dealkylation sites (N-methyl/N-ethyl adjacent to an activating group) is 1. The van der Waals surface area contributed by atoms with Gasteiger partial charge in [0.25, 0.3) is 0 Å². The number of nitrogens with one attached hydrogen (secondary N) is 1. The van der Waals surface area contributed by atoms with Gasteiger partial charge in [-0.25, -0.2) is 0 Å². The number of aromatic amines is 1. The quantitative estimate of drug-likeness (QED) is 0.560. The molecule has 3 aromatic rings. The van der Waals surface area contributed by atoms with Crippen LogP contribution in [0.3, 0.4) is 0 Å². The summed E-state index contributed by atoms with van der Waals surface area (Å²) in [5, 5.41) is 1.28. The summed E-state index contributed by atoms with van der Waals surface area (Å²) in [5.41, 5.74) is 5.20. The second kappa shape index (κ2) is 10.1. The molecule has 1 atom stereocenters. The number of rotatable bonds is 8. The minimum atomic E-state index is 0.220. The van der Waals surface area contributed by atoms with E-state index in [2.05, 4.69) is 83.4 Å². The molecule has 4 rings (SSSR count). The van der Waals surface area contributed by atoms with Crippen LogP contribution in [0, 0.1) is 0 Å². The third kappa shape index (κ3) is 5.01. The van der Waals surface area contributed by atoms with Gasteiger partial charge in [-0.3, -0.25) is 4.79 Å². The molecular formula is C27H35N3O. The van der Waals surface area contributed by atoms with Crippen molar-refractivity contribution >= 4 is 16.8 Å². The number of para-hydroxylation sites is 1. The van der Waals surface area contributed by atoms with Gasteiger partial charge in [0.1, 0.15) is 0 Å². The molecule has 1 aromatic heterocycles. The van der Waals surface area contributed by atoms with Crippen LogP contribution in [0.25, 0.3) is 10.9 Å². The highest BCUT2D eigenvalue weighted by Crippen LogP contribution is 2.33. The summed E-state index contributed by atoms with van der Waals surface area (Å²) < 4.78 is 0. The van der Waals surface area contributed by atoms with Crippen LogP contribution in [0.15, 0.2) is 54.7 Å². The smallest absolute Gasteiger partial charge is 0.223 e. The fraction of sp³-hybridized carbons (Fsp3) is 0.444. The molecule has 0 unspecified atom stereocenters. The van der Waals surface area contributed by atoms with Gasteiger partial charge in [-0.15, -0.1) is 0 Å². The monoisotopic (exact) mass is 417 g/mol. The standard InChI is InChI=1S/C27H35N3O/c1-3-22-11-8-12-24-25(20-28-27(22)24)23(14-13-21-9-6-5-7-10-21)19-26(31)30-17-15-29(4-2)16-18-30/h5-12,20,23,28H,3-4,13-19H2,1-2H3/t23-/m0/s1. The van der Waals surface area contributed by atoms with Crippen LogP contribution in [0.5, 0.6) is 0 Å². The van der Waals surface area contributed by atoms with Gasteiger partial charge < -0.3 is 14.8 Å². The molecule has 0 saturated carbocycles. The molecule has 4 nitrogen and oxygen atoms in total. The van der Waals surface area contributed by atoms with E-state index in [1.54, 1.807) is 0 Å². The van der Waals surface area contributed by atoms with E-state index in [0.29, 0.717) is 12.3 Å². The number of piperazine rings is 1. The molecular weight excluding hydrogens is 382 g/mol. The fourth-order valence-corrected chi connectivity index (χ4v) is 4.88. The Bertz CT molecular complexity index is 986. The van der Waals surface area contributed by atoms with Crippen LogP contribution in [-0.4, -0.2) is 53.4 Å². The van der Waals surface area contributed by atoms with Crippen molar-refractivity contribution in [2.75, 3.05) is 32.7 Å². The van der Waals surface area contributed by atoms with E-state index in [1.807, 2.05) is 0 Å². The molecule has 4 heteroatoms. The number of aromatic nitrogens is 1. The summed E-state index contributed by atoms with van der Waals surface area (Å²) in [5.74, 6) is 0.521. The Morgan fingerprint density at radius 3 is 2.48 bits per heavy atom. The molecule has 1 N–H and O–H groups in total. The van der Waals surface area contributed by atoms with Crippen molar-refractivity contribution in [3.8, 4) is 0 Å². The van der Waals surface area contributed by atoms with Gasteiger partial charge in [-0.2, -0.15) is 0 Å². The van der Waals surface area contributed by atoms with Crippen molar-refractivity contribution in [3.05, 3.63) is 71.4 Å². The Balaban J connectivity index is 1.55. The molecule has 1 aliphatic rings. The van der Waals surface area contributed by atoms with E-state index in [4.69, 9.17) is 0 Å². The first-order valence-corrected chi connectivity index (χ1v) is 11.8. The van der Waals surface area contributed by atoms with E-state index in [0.717, 1.165) is 52.0 Å². The van der Waals surface area contributed by atoms with Crippen molar-refractivity contribution in [2.45, 2.75) is 45.4 Å². The lowest BCUT2D eigenvalue weighted by Gasteiger charge is -2.34. The highest BCUT2D eigenvalue weighted by atomic mass is 16.2. The highest BCUT2D eigenvalue weighted by Gasteiger charge is 2.25. The zero-order valence-corrected chi connectivity index (χ0v) is 18.9. The van der Waals surface area contributed by atoms with Gasteiger partial charge >= 0.3 is 0 Å². The number of benzene rings is 2. The number of nitrogens with zero attached hydrogens (tertiary/aromatic N) is 2. The van der Waals surface area contributed by atoms with Crippen molar-refractivity contribution in [3.63, 3.8) is 0 Å². The zero-order chi connectivity index (χ0) is 21.6. The van der Waals surface area contributed by atoms with Gasteiger partial charge in [0.2, 0.25) is 5.91 Å². The Labute approximate surface area is 186 Å². The normalized spacial score (nSPS) is 16.0. The van der Waals surface area contributed by atoms with Crippen molar-refractivity contribution in [1.82, 2.24) is 14.8 Å². The number of carbonyl (C=O) groups is 1. The summed E-state index contributed by atoms with van der Waals surface area (Å²) in [7, 11) is 0. The molecule has 2 heterocycles. The average Bonchev–Trinajstić information content (AvgIpc) is 3.26. The predicted octanol–water partition coefficient (Wildman–Crippen LogP) is 5.00. The van der Waals surface area contributed by atoms with E-state index < -0.39 is 0 Å². The summed E-state index contributed by atoms with van der Waals surface area (Å²) >= 11 is 0. The third-order valence-electron chi connectivity index (χ3n) is 6.87. The van der Waals surface area contributed by atoms with Gasteiger partial charge in [0, 0.05) is 49.7 Å². The largest absolute Gasteiger partial charge is 0.361 e. The minimum absolute atomic E-state index is 0.220. The van der Waals surface area contributed by atoms with Crippen LogP contribution >= 0.6 is 0 Å². The lowest BCUT2D eigenvalue weighted by atomic mass is 9.88. The molecule has 2 aromatic carbocycles. The molecule has 0 radical (unpaired) electrons. The number of fused-ring (bicyclic) bond motifs is 1. The van der Waals surface area contributed by atoms with Crippen LogP contribution in [0.1, 0.15) is 49.3 Å². The van der Waals surface area contributed by atoms with E-state index in [9.17, 15) is 4.79 Å². The van der Waals surface area contributed by atoms with E-state index in [1.165, 1.54) is 27.6 Å². The minimum Gasteiger partial charge on any atom is -0.361 e. The maximum Gasteiger partial charge on any atom is 0.223 e. The first kappa shape index (κ1) is 21.6. The Morgan fingerprint density at radius 1 is 1.00 bits per heavy atom. The molecule has 1 saturated heterocycles. The topological polar surface area (TPSA) is 39.3 Å². The predicted molar refractivity (Wildman–Crippen MR) is 128 cm³/mol. The molecule has 0 spiro atoms. The Hall–Kier alpha value is -2.59. The molecule has 31 heavy (non-hydrogen) atoms. The van der Waals surface area contributed by atoms with Crippen LogP contribution in [0.4, 0.5) is 0 Å². The molecule has 1 aliphatic heterocycles. The Kier molecular flexibility index (Phi) is 7.08. The summed E-state index contributed by atoms with van der Waals surface area (Å²) in [6.07, 6.45) is 5.72. The van der Waals surface area contributed by atoms with Crippen LogP contribution < -0.4 is 0 Å². The van der Waals surface area contributed by atoms with Crippen molar-refractivity contribution < 1.29 is 4.79 Å². The van der Waals surface area contributed by atoms with Gasteiger partial charge in [0.15, 0.2) is 0 Å². The second-order valence-corrected chi connectivity index (χ2v) is 8.68. The molecule has 164 valence electrons. The van der Waals surface area contributed by atoms with Gasteiger partial charge in [0.05, 0.1) is 0 Å². The van der Waals surface area contributed by atoms with Crippen molar-refractivity contribution in [2.24, 2.45) is 0 Å². The Morgan fingerprint density at radius 2 is 1.77 bits per heavy atom. The summed E-state index contributed by atoms with van der Waals surface area (Å²) in [6.45, 7) is 9.14. The zero-order valence-electron chi connectivity index (χ0n) is 18.9. The van der Waals surface area contributed by atoms with Crippen molar-refractivity contribution in [1.29, 1.82) is 0 Å². The van der Waals surface area contributed by atoms with Crippen LogP contribution in [-0.2, 0) is 17.6 Å².